The lowest BCUT2D eigenvalue weighted by atomic mass is 10.2. The summed E-state index contributed by atoms with van der Waals surface area (Å²) in [6.07, 6.45) is 5.37. The van der Waals surface area contributed by atoms with Crippen LogP contribution in [-0.4, -0.2) is 33.7 Å². The fourth-order valence-corrected chi connectivity index (χ4v) is 1.82. The Morgan fingerprint density at radius 1 is 1.06 bits per heavy atom. The van der Waals surface area contributed by atoms with Crippen molar-refractivity contribution in [2.45, 2.75) is 0 Å². The molecular weight excluding hydrogens is 226 g/mol. The van der Waals surface area contributed by atoms with Crippen molar-refractivity contribution >= 4 is 11.5 Å². The molecule has 0 unspecified atom stereocenters. The van der Waals surface area contributed by atoms with Gasteiger partial charge in [0.15, 0.2) is 5.65 Å². The highest BCUT2D eigenvalue weighted by molar-refractivity contribution is 5.63. The molecule has 0 fully saturated rings. The zero-order chi connectivity index (χ0) is 12.5. The lowest BCUT2D eigenvalue weighted by molar-refractivity contribution is 0.906. The van der Waals surface area contributed by atoms with Crippen molar-refractivity contribution in [1.29, 1.82) is 0 Å². The van der Waals surface area contributed by atoms with Crippen LogP contribution in [0.5, 0.6) is 0 Å². The molecule has 0 aliphatic heterocycles. The maximum atomic E-state index is 4.57. The number of nitrogens with zero attached hydrogens (tertiary/aromatic N) is 5. The molecule has 0 N–H and O–H groups in total. The van der Waals surface area contributed by atoms with Crippen molar-refractivity contribution in [2.75, 3.05) is 19.0 Å². The summed E-state index contributed by atoms with van der Waals surface area (Å²) in [6.45, 7) is 0. The van der Waals surface area contributed by atoms with E-state index < -0.39 is 0 Å². The monoisotopic (exact) mass is 239 g/mol. The summed E-state index contributed by atoms with van der Waals surface area (Å²) in [5.74, 6) is 0.899. The van der Waals surface area contributed by atoms with Crippen molar-refractivity contribution in [3.05, 3.63) is 42.9 Å². The maximum absolute atomic E-state index is 4.57. The summed E-state index contributed by atoms with van der Waals surface area (Å²) in [4.78, 5) is 10.3. The molecule has 0 aliphatic rings. The Morgan fingerprint density at radius 2 is 1.83 bits per heavy atom. The molecule has 3 aromatic heterocycles. The van der Waals surface area contributed by atoms with Crippen molar-refractivity contribution in [2.24, 2.45) is 0 Å². The van der Waals surface area contributed by atoms with Gasteiger partial charge in [-0.3, -0.25) is 4.98 Å². The van der Waals surface area contributed by atoms with Gasteiger partial charge in [0.05, 0.1) is 11.9 Å². The summed E-state index contributed by atoms with van der Waals surface area (Å²) in [5, 5.41) is 4.57. The number of rotatable bonds is 2. The Bertz CT molecular complexity index is 672. The Labute approximate surface area is 105 Å². The van der Waals surface area contributed by atoms with Crippen LogP contribution in [-0.2, 0) is 0 Å². The first-order chi connectivity index (χ1) is 8.75. The third-order valence-electron chi connectivity index (χ3n) is 2.78. The number of hydrogen-bond acceptors (Lipinski definition) is 4. The molecule has 5 nitrogen and oxygen atoms in total. The highest BCUT2D eigenvalue weighted by Gasteiger charge is 2.08. The molecule has 0 atom stereocenters. The van der Waals surface area contributed by atoms with Gasteiger partial charge in [0.2, 0.25) is 0 Å². The van der Waals surface area contributed by atoms with Crippen LogP contribution in [0.3, 0.4) is 0 Å². The smallest absolute Gasteiger partial charge is 0.154 e. The van der Waals surface area contributed by atoms with Crippen LogP contribution in [0.1, 0.15) is 0 Å². The van der Waals surface area contributed by atoms with Crippen LogP contribution in [0, 0.1) is 0 Å². The summed E-state index contributed by atoms with van der Waals surface area (Å²) >= 11 is 0. The first kappa shape index (κ1) is 10.7. The van der Waals surface area contributed by atoms with Crippen molar-refractivity contribution in [3.8, 4) is 11.3 Å². The highest BCUT2D eigenvalue weighted by Crippen LogP contribution is 2.20. The summed E-state index contributed by atoms with van der Waals surface area (Å²) in [6, 6.07) is 7.83. The molecule has 0 saturated heterocycles. The zero-order valence-corrected chi connectivity index (χ0v) is 10.3. The van der Waals surface area contributed by atoms with Crippen LogP contribution in [0.25, 0.3) is 16.9 Å². The minimum Gasteiger partial charge on any atom is -0.361 e. The molecule has 18 heavy (non-hydrogen) atoms. The lowest BCUT2D eigenvalue weighted by Crippen LogP contribution is -2.12. The molecule has 5 heteroatoms. The number of hydrogen-bond donors (Lipinski definition) is 0. The molecule has 3 aromatic rings. The number of fused-ring (bicyclic) bond motifs is 1. The van der Waals surface area contributed by atoms with Gasteiger partial charge in [0, 0.05) is 32.1 Å². The van der Waals surface area contributed by atoms with E-state index in [1.165, 1.54) is 0 Å². The van der Waals surface area contributed by atoms with Crippen LogP contribution in [0.4, 0.5) is 5.82 Å². The molecule has 0 radical (unpaired) electrons. The number of anilines is 1. The van der Waals surface area contributed by atoms with E-state index in [-0.39, 0.29) is 0 Å². The van der Waals surface area contributed by atoms with E-state index >= 15 is 0 Å². The van der Waals surface area contributed by atoms with Gasteiger partial charge in [0.25, 0.3) is 0 Å². The van der Waals surface area contributed by atoms with E-state index in [1.807, 2.05) is 54.0 Å². The summed E-state index contributed by atoms with van der Waals surface area (Å²) in [7, 11) is 3.94. The maximum Gasteiger partial charge on any atom is 0.154 e. The fourth-order valence-electron chi connectivity index (χ4n) is 1.82. The van der Waals surface area contributed by atoms with Gasteiger partial charge >= 0.3 is 0 Å². The molecule has 0 aromatic carbocycles. The van der Waals surface area contributed by atoms with E-state index in [0.717, 1.165) is 22.7 Å². The molecule has 0 aliphatic carbocycles. The Hall–Kier alpha value is -2.43. The van der Waals surface area contributed by atoms with Crippen LogP contribution in [0.2, 0.25) is 0 Å². The predicted molar refractivity (Wildman–Crippen MR) is 70.5 cm³/mol. The van der Waals surface area contributed by atoms with Gasteiger partial charge in [-0.05, 0) is 24.3 Å². The average molecular weight is 239 g/mol. The Morgan fingerprint density at radius 3 is 2.56 bits per heavy atom. The molecular formula is C13H13N5. The van der Waals surface area contributed by atoms with E-state index in [1.54, 1.807) is 12.4 Å². The first-order valence-electron chi connectivity index (χ1n) is 5.68. The molecule has 3 heterocycles. The second kappa shape index (κ2) is 4.10. The SMILES string of the molecule is CN(C)c1ccc2ncc(-c3ccncc3)n2n1. The van der Waals surface area contributed by atoms with Crippen molar-refractivity contribution in [3.63, 3.8) is 0 Å². The lowest BCUT2D eigenvalue weighted by Gasteiger charge is -2.11. The third-order valence-corrected chi connectivity index (χ3v) is 2.78. The minimum atomic E-state index is 0.840. The van der Waals surface area contributed by atoms with Gasteiger partial charge < -0.3 is 4.90 Å². The second-order valence-electron chi connectivity index (χ2n) is 4.24. The predicted octanol–water partition coefficient (Wildman–Crippen LogP) is 1.86. The molecule has 0 spiro atoms. The fraction of sp³-hybridized carbons (Fsp3) is 0.154. The van der Waals surface area contributed by atoms with E-state index in [0.29, 0.717) is 0 Å². The molecule has 0 saturated carbocycles. The third kappa shape index (κ3) is 1.69. The van der Waals surface area contributed by atoms with Crippen molar-refractivity contribution < 1.29 is 0 Å². The van der Waals surface area contributed by atoms with Crippen LogP contribution >= 0.6 is 0 Å². The summed E-state index contributed by atoms with van der Waals surface area (Å²) in [5.41, 5.74) is 2.87. The molecule has 3 rings (SSSR count). The quantitative estimate of drug-likeness (QED) is 0.684. The highest BCUT2D eigenvalue weighted by atomic mass is 15.3. The standard InChI is InChI=1S/C13H13N5/c1-17(2)13-4-3-12-15-9-11(18(12)16-13)10-5-7-14-8-6-10/h3-9H,1-2H3. The van der Waals surface area contributed by atoms with Gasteiger partial charge in [-0.1, -0.05) is 0 Å². The molecule has 90 valence electrons. The molecule has 0 amide bonds. The van der Waals surface area contributed by atoms with Crippen LogP contribution in [0.15, 0.2) is 42.9 Å². The molecule has 0 bridgehead atoms. The number of pyridine rings is 1. The van der Waals surface area contributed by atoms with E-state index in [9.17, 15) is 0 Å². The largest absolute Gasteiger partial charge is 0.361 e. The topological polar surface area (TPSA) is 46.3 Å². The second-order valence-corrected chi connectivity index (χ2v) is 4.24. The van der Waals surface area contributed by atoms with Gasteiger partial charge in [-0.2, -0.15) is 0 Å². The van der Waals surface area contributed by atoms with E-state index in [4.69, 9.17) is 0 Å². The van der Waals surface area contributed by atoms with E-state index in [2.05, 4.69) is 15.1 Å². The Kier molecular flexibility index (Phi) is 2.44. The van der Waals surface area contributed by atoms with Crippen molar-refractivity contribution in [1.82, 2.24) is 19.6 Å². The van der Waals surface area contributed by atoms with Gasteiger partial charge in [-0.15, -0.1) is 5.10 Å². The number of aromatic nitrogens is 4. The Balaban J connectivity index is 2.21. The average Bonchev–Trinajstić information content (AvgIpc) is 2.82. The first-order valence-corrected chi connectivity index (χ1v) is 5.68. The number of imidazole rings is 1. The van der Waals surface area contributed by atoms with Gasteiger partial charge in [0.1, 0.15) is 5.82 Å². The normalized spacial score (nSPS) is 10.8. The van der Waals surface area contributed by atoms with Gasteiger partial charge in [-0.25, -0.2) is 9.50 Å². The minimum absolute atomic E-state index is 0.840. The zero-order valence-electron chi connectivity index (χ0n) is 10.3. The van der Waals surface area contributed by atoms with Crippen LogP contribution < -0.4 is 4.90 Å². The summed E-state index contributed by atoms with van der Waals surface area (Å²) < 4.78 is 1.85.